The topological polar surface area (TPSA) is 93.3 Å². The highest BCUT2D eigenvalue weighted by atomic mass is 16.5. The Morgan fingerprint density at radius 1 is 1.19 bits per heavy atom. The van der Waals surface area contributed by atoms with Gasteiger partial charge in [0.2, 0.25) is 0 Å². The smallest absolute Gasteiger partial charge is 0.148 e. The summed E-state index contributed by atoms with van der Waals surface area (Å²) in [7, 11) is 1.79. The molecule has 1 atom stereocenters. The maximum Gasteiger partial charge on any atom is 0.148 e. The molecule has 3 aromatic rings. The molecular formula is C21H24N4O2. The molecule has 1 fully saturated rings. The Hall–Kier alpha value is -2.70. The number of pyridine rings is 2. The number of nitrogens with zero attached hydrogens (tertiary/aromatic N) is 2. The first-order valence-corrected chi connectivity index (χ1v) is 9.26. The molecule has 0 spiro atoms. The van der Waals surface area contributed by atoms with Crippen LogP contribution in [0.15, 0.2) is 42.6 Å². The van der Waals surface area contributed by atoms with Crippen LogP contribution in [0.4, 0.5) is 11.5 Å². The molecule has 0 saturated carbocycles. The molecule has 0 amide bonds. The molecule has 140 valence electrons. The summed E-state index contributed by atoms with van der Waals surface area (Å²) in [5.41, 5.74) is 10.0. The third kappa shape index (κ3) is 3.59. The van der Waals surface area contributed by atoms with E-state index in [2.05, 4.69) is 10.3 Å². The molecule has 1 unspecified atom stereocenters. The van der Waals surface area contributed by atoms with Crippen molar-refractivity contribution in [3.05, 3.63) is 48.2 Å². The molecule has 1 aliphatic heterocycles. The van der Waals surface area contributed by atoms with Gasteiger partial charge in [0.25, 0.3) is 0 Å². The van der Waals surface area contributed by atoms with Crippen molar-refractivity contribution in [1.82, 2.24) is 9.97 Å². The van der Waals surface area contributed by atoms with Gasteiger partial charge in [-0.25, -0.2) is 9.97 Å². The minimum Gasteiger partial charge on any atom is -0.396 e. The van der Waals surface area contributed by atoms with Crippen LogP contribution in [0.25, 0.3) is 22.2 Å². The first-order valence-electron chi connectivity index (χ1n) is 9.26. The van der Waals surface area contributed by atoms with Crippen molar-refractivity contribution in [2.24, 2.45) is 5.92 Å². The Balaban J connectivity index is 1.67. The molecule has 1 aromatic carbocycles. The predicted molar refractivity (Wildman–Crippen MR) is 107 cm³/mol. The summed E-state index contributed by atoms with van der Waals surface area (Å²) in [5, 5.41) is 14.8. The lowest BCUT2D eigenvalue weighted by Crippen LogP contribution is -2.21. The quantitative estimate of drug-likeness (QED) is 0.657. The van der Waals surface area contributed by atoms with Crippen LogP contribution in [-0.2, 0) is 4.74 Å². The minimum atomic E-state index is -0.490. The first-order chi connectivity index (χ1) is 13.2. The maximum atomic E-state index is 10.8. The molecular weight excluding hydrogens is 340 g/mol. The Morgan fingerprint density at radius 2 is 1.96 bits per heavy atom. The molecule has 0 bridgehead atoms. The number of aromatic nitrogens is 2. The van der Waals surface area contributed by atoms with Crippen molar-refractivity contribution in [1.29, 1.82) is 0 Å². The molecule has 0 radical (unpaired) electrons. The van der Waals surface area contributed by atoms with E-state index in [1.807, 2.05) is 36.4 Å². The summed E-state index contributed by atoms with van der Waals surface area (Å²) < 4.78 is 5.40. The molecule has 6 heteroatoms. The van der Waals surface area contributed by atoms with E-state index in [0.717, 1.165) is 53.8 Å². The number of nitrogens with one attached hydrogen (secondary N) is 1. The van der Waals surface area contributed by atoms with Gasteiger partial charge in [-0.15, -0.1) is 0 Å². The second kappa shape index (κ2) is 7.50. The molecule has 3 heterocycles. The fourth-order valence-corrected chi connectivity index (χ4v) is 3.61. The monoisotopic (exact) mass is 364 g/mol. The van der Waals surface area contributed by atoms with Gasteiger partial charge >= 0.3 is 0 Å². The van der Waals surface area contributed by atoms with Crippen LogP contribution < -0.4 is 11.1 Å². The second-order valence-electron chi connectivity index (χ2n) is 6.96. The van der Waals surface area contributed by atoms with Crippen molar-refractivity contribution in [3.63, 3.8) is 0 Å². The number of ether oxygens (including phenoxy) is 1. The molecule has 1 saturated heterocycles. The van der Waals surface area contributed by atoms with Crippen LogP contribution in [0.2, 0.25) is 0 Å². The van der Waals surface area contributed by atoms with E-state index in [9.17, 15) is 5.11 Å². The molecule has 4 rings (SSSR count). The van der Waals surface area contributed by atoms with E-state index >= 15 is 0 Å². The number of rotatable bonds is 4. The number of hydrogen-bond acceptors (Lipinski definition) is 6. The van der Waals surface area contributed by atoms with Gasteiger partial charge in [-0.3, -0.25) is 0 Å². The van der Waals surface area contributed by atoms with E-state index in [4.69, 9.17) is 15.5 Å². The zero-order valence-corrected chi connectivity index (χ0v) is 15.4. The fourth-order valence-electron chi connectivity index (χ4n) is 3.61. The molecule has 0 aliphatic carbocycles. The third-order valence-corrected chi connectivity index (χ3v) is 5.22. The zero-order chi connectivity index (χ0) is 18.8. The molecule has 6 nitrogen and oxygen atoms in total. The second-order valence-corrected chi connectivity index (χ2v) is 6.96. The highest BCUT2D eigenvalue weighted by molar-refractivity contribution is 5.83. The van der Waals surface area contributed by atoms with Crippen LogP contribution in [0.1, 0.15) is 24.5 Å². The Morgan fingerprint density at radius 3 is 2.70 bits per heavy atom. The number of benzene rings is 1. The summed E-state index contributed by atoms with van der Waals surface area (Å²) in [6.45, 7) is 1.43. The van der Waals surface area contributed by atoms with E-state index < -0.39 is 6.10 Å². The normalized spacial score (nSPS) is 16.4. The number of fused-ring (bicyclic) bond motifs is 1. The van der Waals surface area contributed by atoms with Crippen LogP contribution in [-0.4, -0.2) is 35.3 Å². The number of nitrogens with two attached hydrogens (primary N) is 1. The lowest BCUT2D eigenvalue weighted by molar-refractivity contribution is 0.00723. The van der Waals surface area contributed by atoms with Crippen molar-refractivity contribution in [2.45, 2.75) is 18.9 Å². The van der Waals surface area contributed by atoms with Crippen LogP contribution in [0, 0.1) is 5.92 Å². The lowest BCUT2D eigenvalue weighted by atomic mass is 9.89. The van der Waals surface area contributed by atoms with Gasteiger partial charge in [-0.05, 0) is 42.5 Å². The van der Waals surface area contributed by atoms with Gasteiger partial charge in [-0.1, -0.05) is 18.2 Å². The van der Waals surface area contributed by atoms with Crippen molar-refractivity contribution in [3.8, 4) is 11.3 Å². The molecule has 1 aliphatic rings. The Labute approximate surface area is 158 Å². The average molecular weight is 364 g/mol. The van der Waals surface area contributed by atoms with Gasteiger partial charge in [0, 0.05) is 37.4 Å². The SMILES string of the molecule is CNc1ncc(-c2ccc3ccc(C(O)C4CCOCC4)cc3n2)cc1N. The average Bonchev–Trinajstić information content (AvgIpc) is 2.73. The van der Waals surface area contributed by atoms with Crippen LogP contribution in [0.3, 0.4) is 0 Å². The molecule has 27 heavy (non-hydrogen) atoms. The number of aliphatic hydroxyl groups is 1. The molecule has 2 aromatic heterocycles. The summed E-state index contributed by atoms with van der Waals surface area (Å²) in [6, 6.07) is 11.9. The Kier molecular flexibility index (Phi) is 4.92. The minimum absolute atomic E-state index is 0.234. The summed E-state index contributed by atoms with van der Waals surface area (Å²) in [5.74, 6) is 0.888. The van der Waals surface area contributed by atoms with Crippen molar-refractivity contribution < 1.29 is 9.84 Å². The van der Waals surface area contributed by atoms with E-state index in [-0.39, 0.29) is 5.92 Å². The zero-order valence-electron chi connectivity index (χ0n) is 15.4. The third-order valence-electron chi connectivity index (χ3n) is 5.22. The number of nitrogen functional groups attached to an aromatic ring is 1. The first kappa shape index (κ1) is 17.7. The van der Waals surface area contributed by atoms with Crippen LogP contribution >= 0.6 is 0 Å². The maximum absolute atomic E-state index is 10.8. The highest BCUT2D eigenvalue weighted by Gasteiger charge is 2.23. The van der Waals surface area contributed by atoms with Gasteiger partial charge in [0.05, 0.1) is 23.0 Å². The number of aliphatic hydroxyl groups excluding tert-OH is 1. The predicted octanol–water partition coefficient (Wildman–Crippen LogP) is 3.38. The van der Waals surface area contributed by atoms with E-state index in [1.165, 1.54) is 0 Å². The van der Waals surface area contributed by atoms with Crippen molar-refractivity contribution >= 4 is 22.4 Å². The van der Waals surface area contributed by atoms with Crippen LogP contribution in [0.5, 0.6) is 0 Å². The van der Waals surface area contributed by atoms with E-state index in [0.29, 0.717) is 11.5 Å². The summed E-state index contributed by atoms with van der Waals surface area (Å²) >= 11 is 0. The van der Waals surface area contributed by atoms with Gasteiger partial charge < -0.3 is 20.9 Å². The van der Waals surface area contributed by atoms with Gasteiger partial charge in [0.1, 0.15) is 5.82 Å². The summed E-state index contributed by atoms with van der Waals surface area (Å²) in [6.07, 6.45) is 3.04. The Bertz CT molecular complexity index is 954. The standard InChI is InChI=1S/C21H24N4O2/c1-23-21-17(22)10-16(12-24-21)18-5-4-13-2-3-15(11-19(13)25-18)20(26)14-6-8-27-9-7-14/h2-5,10-12,14,20,26H,6-9,22H2,1H3,(H,23,24). The number of anilines is 2. The van der Waals surface area contributed by atoms with Gasteiger partial charge in [-0.2, -0.15) is 0 Å². The van der Waals surface area contributed by atoms with Gasteiger partial charge in [0.15, 0.2) is 0 Å². The summed E-state index contributed by atoms with van der Waals surface area (Å²) in [4.78, 5) is 9.11. The lowest BCUT2D eigenvalue weighted by Gasteiger charge is -2.27. The van der Waals surface area contributed by atoms with E-state index in [1.54, 1.807) is 13.2 Å². The van der Waals surface area contributed by atoms with Crippen molar-refractivity contribution in [2.75, 3.05) is 31.3 Å². The fraction of sp³-hybridized carbons (Fsp3) is 0.333. The largest absolute Gasteiger partial charge is 0.396 e. The number of hydrogen-bond donors (Lipinski definition) is 3. The highest BCUT2D eigenvalue weighted by Crippen LogP contribution is 2.32. The molecule has 4 N–H and O–H groups in total.